The van der Waals surface area contributed by atoms with Crippen LogP contribution in [0.4, 0.5) is 5.69 Å². The molecule has 5 nitrogen and oxygen atoms in total. The molecular weight excluding hydrogens is 258 g/mol. The first-order valence-corrected chi connectivity index (χ1v) is 6.02. The van der Waals surface area contributed by atoms with Crippen LogP contribution in [0.15, 0.2) is 51.7 Å². The van der Waals surface area contributed by atoms with E-state index in [1.807, 2.05) is 36.4 Å². The molecule has 1 aromatic carbocycles. The Kier molecular flexibility index (Phi) is 3.43. The van der Waals surface area contributed by atoms with Gasteiger partial charge in [-0.05, 0) is 12.1 Å². The molecule has 0 atom stereocenters. The number of para-hydroxylation sites is 1. The molecule has 0 aromatic heterocycles. The molecule has 0 amide bonds. The first-order chi connectivity index (χ1) is 9.22. The first-order valence-electron chi connectivity index (χ1n) is 5.20. The Morgan fingerprint density at radius 3 is 2.26 bits per heavy atom. The quantitative estimate of drug-likeness (QED) is 0.781. The van der Waals surface area contributed by atoms with Crippen LogP contribution in [0.25, 0.3) is 0 Å². The van der Waals surface area contributed by atoms with Gasteiger partial charge in [0.2, 0.25) is 0 Å². The molecule has 0 unspecified atom stereocenters. The molecule has 0 fully saturated rings. The number of rotatable bonds is 1. The SMILES string of the molecule is N#CC(C#N)=C1SC(C#N)=C(N)N1c1ccccc1. The predicted molar refractivity (Wildman–Crippen MR) is 71.6 cm³/mol. The molecule has 0 radical (unpaired) electrons. The average molecular weight is 265 g/mol. The van der Waals surface area contributed by atoms with Gasteiger partial charge < -0.3 is 5.73 Å². The van der Waals surface area contributed by atoms with Gasteiger partial charge in [-0.15, -0.1) is 0 Å². The molecule has 1 aliphatic heterocycles. The number of allylic oxidation sites excluding steroid dienone is 2. The predicted octanol–water partition coefficient (Wildman–Crippen LogP) is 2.15. The molecule has 1 aliphatic rings. The Morgan fingerprint density at radius 2 is 1.74 bits per heavy atom. The van der Waals surface area contributed by atoms with Crippen LogP contribution in [0.5, 0.6) is 0 Å². The number of hydrogen-bond donors (Lipinski definition) is 1. The second kappa shape index (κ2) is 5.18. The van der Waals surface area contributed by atoms with Gasteiger partial charge in [-0.25, -0.2) is 0 Å². The fraction of sp³-hybridized carbons (Fsp3) is 0. The van der Waals surface area contributed by atoms with Gasteiger partial charge in [-0.2, -0.15) is 15.8 Å². The monoisotopic (exact) mass is 265 g/mol. The maximum atomic E-state index is 9.02. The van der Waals surface area contributed by atoms with E-state index in [1.54, 1.807) is 17.0 Å². The molecule has 0 saturated heterocycles. The molecule has 19 heavy (non-hydrogen) atoms. The maximum Gasteiger partial charge on any atom is 0.160 e. The van der Waals surface area contributed by atoms with E-state index in [0.29, 0.717) is 10.7 Å². The van der Waals surface area contributed by atoms with Crippen LogP contribution in [0, 0.1) is 34.0 Å². The van der Waals surface area contributed by atoms with Crippen molar-refractivity contribution in [3.63, 3.8) is 0 Å². The summed E-state index contributed by atoms with van der Waals surface area (Å²) < 4.78 is 0. The van der Waals surface area contributed by atoms with Gasteiger partial charge >= 0.3 is 0 Å². The third-order valence-electron chi connectivity index (χ3n) is 2.43. The van der Waals surface area contributed by atoms with Crippen LogP contribution in [0.3, 0.4) is 0 Å². The molecule has 1 heterocycles. The van der Waals surface area contributed by atoms with Crippen molar-refractivity contribution in [2.75, 3.05) is 4.90 Å². The third kappa shape index (κ3) is 2.11. The number of thioether (sulfide) groups is 1. The van der Waals surface area contributed by atoms with E-state index in [-0.39, 0.29) is 16.3 Å². The summed E-state index contributed by atoms with van der Waals surface area (Å²) in [5.41, 5.74) is 6.55. The van der Waals surface area contributed by atoms with Crippen molar-refractivity contribution in [1.82, 2.24) is 0 Å². The highest BCUT2D eigenvalue weighted by Gasteiger charge is 2.30. The lowest BCUT2D eigenvalue weighted by atomic mass is 10.2. The summed E-state index contributed by atoms with van der Waals surface area (Å²) in [5.74, 6) is 0.233. The minimum atomic E-state index is -0.0675. The van der Waals surface area contributed by atoms with E-state index < -0.39 is 0 Å². The van der Waals surface area contributed by atoms with Crippen molar-refractivity contribution >= 4 is 17.4 Å². The lowest BCUT2D eigenvalue weighted by Gasteiger charge is -2.20. The molecule has 6 heteroatoms. The summed E-state index contributed by atoms with van der Waals surface area (Å²) >= 11 is 1.03. The first kappa shape index (κ1) is 12.6. The largest absolute Gasteiger partial charge is 0.383 e. The standard InChI is InChI=1S/C13H7N5S/c14-6-9(7-15)13-18(10-4-2-1-3-5-10)12(17)11(8-16)19-13/h1-5H,17H2. The fourth-order valence-electron chi connectivity index (χ4n) is 1.60. The number of nitrogens with two attached hydrogens (primary N) is 1. The van der Waals surface area contributed by atoms with Gasteiger partial charge in [-0.1, -0.05) is 30.0 Å². The summed E-state index contributed by atoms with van der Waals surface area (Å²) in [6.45, 7) is 0. The Balaban J connectivity index is 2.63. The average Bonchev–Trinajstić information content (AvgIpc) is 2.78. The Labute approximate surface area is 114 Å². The van der Waals surface area contributed by atoms with Gasteiger partial charge in [0.1, 0.15) is 34.0 Å². The van der Waals surface area contributed by atoms with Gasteiger partial charge in [0.05, 0.1) is 0 Å². The van der Waals surface area contributed by atoms with Crippen molar-refractivity contribution in [2.45, 2.75) is 0 Å². The Bertz CT molecular complexity index is 681. The minimum Gasteiger partial charge on any atom is -0.383 e. The molecule has 1 aromatic rings. The van der Waals surface area contributed by atoms with Crippen LogP contribution in [-0.2, 0) is 0 Å². The number of hydrogen-bond acceptors (Lipinski definition) is 6. The molecule has 0 bridgehead atoms. The number of anilines is 1. The zero-order valence-corrected chi connectivity index (χ0v) is 10.5. The van der Waals surface area contributed by atoms with Crippen molar-refractivity contribution in [3.8, 4) is 18.2 Å². The van der Waals surface area contributed by atoms with Crippen LogP contribution in [-0.4, -0.2) is 0 Å². The van der Waals surface area contributed by atoms with Crippen molar-refractivity contribution < 1.29 is 0 Å². The number of nitriles is 3. The molecule has 2 rings (SSSR count). The van der Waals surface area contributed by atoms with Gasteiger partial charge in [0.15, 0.2) is 5.57 Å². The highest BCUT2D eigenvalue weighted by molar-refractivity contribution is 8.07. The van der Waals surface area contributed by atoms with E-state index in [1.165, 1.54) is 0 Å². The topological polar surface area (TPSA) is 101 Å². The second-order valence-corrected chi connectivity index (χ2v) is 4.50. The Morgan fingerprint density at radius 1 is 1.11 bits per heavy atom. The number of nitrogens with zero attached hydrogens (tertiary/aromatic N) is 4. The molecule has 0 saturated carbocycles. The minimum absolute atomic E-state index is 0.0675. The van der Waals surface area contributed by atoms with E-state index in [0.717, 1.165) is 11.8 Å². The molecule has 0 spiro atoms. The van der Waals surface area contributed by atoms with Crippen molar-refractivity contribution in [1.29, 1.82) is 15.8 Å². The van der Waals surface area contributed by atoms with Gasteiger partial charge in [0, 0.05) is 5.69 Å². The smallest absolute Gasteiger partial charge is 0.160 e. The third-order valence-corrected chi connectivity index (χ3v) is 3.51. The molecule has 2 N–H and O–H groups in total. The zero-order valence-electron chi connectivity index (χ0n) is 9.66. The van der Waals surface area contributed by atoms with Crippen LogP contribution >= 0.6 is 11.8 Å². The summed E-state index contributed by atoms with van der Waals surface area (Å²) in [6, 6.07) is 14.7. The summed E-state index contributed by atoms with van der Waals surface area (Å²) in [7, 11) is 0. The number of benzene rings is 1. The summed E-state index contributed by atoms with van der Waals surface area (Å²) in [4.78, 5) is 1.83. The lowest BCUT2D eigenvalue weighted by Crippen LogP contribution is -2.23. The van der Waals surface area contributed by atoms with E-state index in [9.17, 15) is 0 Å². The summed E-state index contributed by atoms with van der Waals surface area (Å²) in [5, 5.41) is 27.4. The Hall–Kier alpha value is -2.88. The molecular formula is C13H7N5S. The van der Waals surface area contributed by atoms with E-state index in [2.05, 4.69) is 0 Å². The fourth-order valence-corrected chi connectivity index (χ4v) is 2.53. The van der Waals surface area contributed by atoms with Gasteiger partial charge in [-0.3, -0.25) is 4.90 Å². The van der Waals surface area contributed by atoms with Crippen LogP contribution in [0.2, 0.25) is 0 Å². The van der Waals surface area contributed by atoms with E-state index in [4.69, 9.17) is 21.5 Å². The second-order valence-electron chi connectivity index (χ2n) is 3.50. The highest BCUT2D eigenvalue weighted by atomic mass is 32.2. The van der Waals surface area contributed by atoms with Crippen molar-refractivity contribution in [3.05, 3.63) is 51.7 Å². The van der Waals surface area contributed by atoms with E-state index >= 15 is 0 Å². The van der Waals surface area contributed by atoms with Crippen LogP contribution in [0.1, 0.15) is 0 Å². The maximum absolute atomic E-state index is 9.02. The highest BCUT2D eigenvalue weighted by Crippen LogP contribution is 2.43. The lowest BCUT2D eigenvalue weighted by molar-refractivity contribution is 1.11. The molecule has 0 aliphatic carbocycles. The zero-order chi connectivity index (χ0) is 13.8. The van der Waals surface area contributed by atoms with Crippen LogP contribution < -0.4 is 10.6 Å². The van der Waals surface area contributed by atoms with Crippen molar-refractivity contribution in [2.24, 2.45) is 5.73 Å². The molecule has 90 valence electrons. The normalized spacial score (nSPS) is 13.7. The van der Waals surface area contributed by atoms with Gasteiger partial charge in [0.25, 0.3) is 0 Å². The summed E-state index contributed by atoms with van der Waals surface area (Å²) in [6.07, 6.45) is 0.